The minimum atomic E-state index is -3.56. The summed E-state index contributed by atoms with van der Waals surface area (Å²) in [4.78, 5) is 4.01. The summed E-state index contributed by atoms with van der Waals surface area (Å²) in [6, 6.07) is 1.79. The molecule has 1 aromatic rings. The zero-order chi connectivity index (χ0) is 14.6. The smallest absolute Gasteiger partial charge is 0.209 e. The van der Waals surface area contributed by atoms with Gasteiger partial charge < -0.3 is 9.47 Å². The molecule has 1 aliphatic rings. The van der Waals surface area contributed by atoms with Gasteiger partial charge in [0.05, 0.1) is 18.6 Å². The van der Waals surface area contributed by atoms with E-state index in [1.807, 2.05) is 0 Å². The van der Waals surface area contributed by atoms with Gasteiger partial charge in [0.1, 0.15) is 5.75 Å². The average molecular weight is 365 g/mol. The number of primary sulfonamides is 1. The van der Waals surface area contributed by atoms with Crippen LogP contribution < -0.4 is 9.88 Å². The minimum Gasteiger partial charge on any atom is -0.491 e. The number of nitrogens with two attached hydrogens (primary N) is 1. The third-order valence-electron chi connectivity index (χ3n) is 3.29. The molecule has 0 amide bonds. The van der Waals surface area contributed by atoms with E-state index in [2.05, 4.69) is 20.9 Å². The second-order valence-corrected chi connectivity index (χ2v) is 7.58. The number of ether oxygens (including phenoxy) is 2. The summed E-state index contributed by atoms with van der Waals surface area (Å²) in [6.07, 6.45) is 4.48. The summed E-state index contributed by atoms with van der Waals surface area (Å²) >= 11 is 3.31. The van der Waals surface area contributed by atoms with Crippen molar-refractivity contribution in [1.82, 2.24) is 4.98 Å². The second-order valence-electron chi connectivity index (χ2n) is 5.05. The van der Waals surface area contributed by atoms with Gasteiger partial charge in [0.25, 0.3) is 0 Å². The van der Waals surface area contributed by atoms with Crippen molar-refractivity contribution >= 4 is 26.0 Å². The van der Waals surface area contributed by atoms with E-state index in [4.69, 9.17) is 14.6 Å². The Bertz CT molecular complexity index is 558. The fraction of sp³-hybridized carbons (Fsp3) is 0.583. The Morgan fingerprint density at radius 1 is 1.40 bits per heavy atom. The first-order valence-electron chi connectivity index (χ1n) is 6.20. The lowest BCUT2D eigenvalue weighted by Crippen LogP contribution is -2.42. The van der Waals surface area contributed by atoms with E-state index in [1.165, 1.54) is 0 Å². The first-order chi connectivity index (χ1) is 9.39. The summed E-state index contributed by atoms with van der Waals surface area (Å²) < 4.78 is 34.7. The molecule has 2 rings (SSSR count). The number of hydrogen-bond acceptors (Lipinski definition) is 5. The van der Waals surface area contributed by atoms with E-state index in [-0.39, 0.29) is 12.4 Å². The third kappa shape index (κ3) is 4.69. The Kier molecular flexibility index (Phi) is 5.00. The lowest BCUT2D eigenvalue weighted by atomic mass is 9.83. The van der Waals surface area contributed by atoms with Crippen LogP contribution in [0.4, 0.5) is 0 Å². The summed E-state index contributed by atoms with van der Waals surface area (Å²) in [5, 5.41) is 5.20. The van der Waals surface area contributed by atoms with Gasteiger partial charge in [-0.25, -0.2) is 13.6 Å². The Labute approximate surface area is 126 Å². The molecule has 2 heterocycles. The lowest BCUT2D eigenvalue weighted by Gasteiger charge is -2.35. The molecular formula is C12H17BrN2O4S. The maximum absolute atomic E-state index is 11.4. The summed E-state index contributed by atoms with van der Waals surface area (Å²) in [5.41, 5.74) is -0.492. The number of nitrogens with zero attached hydrogens (tertiary/aromatic N) is 1. The highest BCUT2D eigenvalue weighted by Crippen LogP contribution is 2.32. The highest BCUT2D eigenvalue weighted by atomic mass is 79.9. The Morgan fingerprint density at radius 3 is 2.70 bits per heavy atom. The van der Waals surface area contributed by atoms with Crippen LogP contribution in [0.1, 0.15) is 12.8 Å². The van der Waals surface area contributed by atoms with Crippen LogP contribution in [0.3, 0.4) is 0 Å². The number of aromatic nitrogens is 1. The molecule has 0 radical (unpaired) electrons. The third-order valence-corrected chi connectivity index (χ3v) is 4.73. The fourth-order valence-electron chi connectivity index (χ4n) is 2.27. The highest BCUT2D eigenvalue weighted by Gasteiger charge is 2.37. The molecule has 1 aliphatic heterocycles. The zero-order valence-corrected chi connectivity index (χ0v) is 13.3. The molecule has 8 heteroatoms. The molecule has 6 nitrogen and oxygen atoms in total. The molecule has 0 saturated carbocycles. The Balaban J connectivity index is 2.08. The van der Waals surface area contributed by atoms with Crippen molar-refractivity contribution in [2.75, 3.05) is 25.6 Å². The molecule has 1 aromatic heterocycles. The van der Waals surface area contributed by atoms with Crippen LogP contribution in [-0.4, -0.2) is 39.0 Å². The zero-order valence-electron chi connectivity index (χ0n) is 10.9. The minimum absolute atomic E-state index is 0.0925. The maximum Gasteiger partial charge on any atom is 0.209 e. The molecule has 20 heavy (non-hydrogen) atoms. The van der Waals surface area contributed by atoms with Crippen LogP contribution in [0.2, 0.25) is 0 Å². The van der Waals surface area contributed by atoms with Gasteiger partial charge in [0.15, 0.2) is 0 Å². The lowest BCUT2D eigenvalue weighted by molar-refractivity contribution is 0.00202. The summed E-state index contributed by atoms with van der Waals surface area (Å²) in [6.45, 7) is 1.33. The topological polar surface area (TPSA) is 91.5 Å². The van der Waals surface area contributed by atoms with Crippen molar-refractivity contribution < 1.29 is 17.9 Å². The van der Waals surface area contributed by atoms with Gasteiger partial charge in [-0.1, -0.05) is 0 Å². The van der Waals surface area contributed by atoms with E-state index in [0.717, 1.165) is 4.47 Å². The average Bonchev–Trinajstić information content (AvgIpc) is 2.36. The van der Waals surface area contributed by atoms with Gasteiger partial charge in [0, 0.05) is 29.3 Å². The van der Waals surface area contributed by atoms with E-state index in [0.29, 0.717) is 31.8 Å². The number of sulfonamides is 1. The SMILES string of the molecule is NS(=O)(=O)CC1(COc2cncc(Br)c2)CCOCC1. The van der Waals surface area contributed by atoms with Crippen molar-refractivity contribution in [1.29, 1.82) is 0 Å². The quantitative estimate of drug-likeness (QED) is 0.850. The monoisotopic (exact) mass is 364 g/mol. The molecule has 112 valence electrons. The normalized spacial score (nSPS) is 18.7. The van der Waals surface area contributed by atoms with Crippen LogP contribution in [0.25, 0.3) is 0 Å². The molecule has 1 fully saturated rings. The molecule has 0 spiro atoms. The van der Waals surface area contributed by atoms with Crippen LogP contribution in [0.5, 0.6) is 5.75 Å². The standard InChI is InChI=1S/C12H17BrN2O4S/c13-10-5-11(7-15-6-10)19-8-12(9-20(14,16)17)1-3-18-4-2-12/h5-7H,1-4,8-9H2,(H2,14,16,17). The van der Waals surface area contributed by atoms with Gasteiger partial charge in [-0.2, -0.15) is 0 Å². The van der Waals surface area contributed by atoms with Crippen molar-refractivity contribution in [3.63, 3.8) is 0 Å². The van der Waals surface area contributed by atoms with Gasteiger partial charge in [-0.05, 0) is 34.8 Å². The molecule has 0 atom stereocenters. The van der Waals surface area contributed by atoms with Crippen molar-refractivity contribution in [2.45, 2.75) is 12.8 Å². The molecule has 0 bridgehead atoms. The summed E-state index contributed by atoms with van der Waals surface area (Å²) in [5.74, 6) is 0.504. The van der Waals surface area contributed by atoms with E-state index >= 15 is 0 Å². The Morgan fingerprint density at radius 2 is 2.10 bits per heavy atom. The highest BCUT2D eigenvalue weighted by molar-refractivity contribution is 9.10. The molecule has 0 aliphatic carbocycles. The van der Waals surface area contributed by atoms with E-state index < -0.39 is 15.4 Å². The molecule has 0 aromatic carbocycles. The number of rotatable bonds is 5. The molecule has 1 saturated heterocycles. The van der Waals surface area contributed by atoms with E-state index in [9.17, 15) is 8.42 Å². The Hall–Kier alpha value is -0.700. The van der Waals surface area contributed by atoms with E-state index in [1.54, 1.807) is 18.5 Å². The largest absolute Gasteiger partial charge is 0.491 e. The number of halogens is 1. The van der Waals surface area contributed by atoms with Crippen molar-refractivity contribution in [2.24, 2.45) is 10.6 Å². The van der Waals surface area contributed by atoms with Crippen molar-refractivity contribution in [3.8, 4) is 5.75 Å². The number of pyridine rings is 1. The molecule has 0 unspecified atom stereocenters. The molecule has 2 N–H and O–H groups in total. The van der Waals surface area contributed by atoms with Crippen LogP contribution in [0.15, 0.2) is 22.9 Å². The second kappa shape index (κ2) is 6.38. The molecular weight excluding hydrogens is 348 g/mol. The first-order valence-corrected chi connectivity index (χ1v) is 8.71. The summed E-state index contributed by atoms with van der Waals surface area (Å²) in [7, 11) is -3.56. The first kappa shape index (κ1) is 15.7. The van der Waals surface area contributed by atoms with Gasteiger partial charge in [-0.15, -0.1) is 0 Å². The van der Waals surface area contributed by atoms with Gasteiger partial charge in [0.2, 0.25) is 10.0 Å². The maximum atomic E-state index is 11.4. The van der Waals surface area contributed by atoms with Gasteiger partial charge in [-0.3, -0.25) is 4.98 Å². The van der Waals surface area contributed by atoms with Gasteiger partial charge >= 0.3 is 0 Å². The van der Waals surface area contributed by atoms with Crippen molar-refractivity contribution in [3.05, 3.63) is 22.9 Å². The predicted molar refractivity (Wildman–Crippen MR) is 77.9 cm³/mol. The fourth-order valence-corrected chi connectivity index (χ4v) is 3.84. The number of hydrogen-bond donors (Lipinski definition) is 1. The predicted octanol–water partition coefficient (Wildman–Crippen LogP) is 1.31. The van der Waals surface area contributed by atoms with Crippen LogP contribution >= 0.6 is 15.9 Å². The van der Waals surface area contributed by atoms with Crippen LogP contribution in [0, 0.1) is 5.41 Å². The van der Waals surface area contributed by atoms with Crippen LogP contribution in [-0.2, 0) is 14.8 Å².